The third-order valence-electron chi connectivity index (χ3n) is 8.14. The fraction of sp³-hybridized carbons (Fsp3) is 0.500. The molecule has 192 valence electrons. The summed E-state index contributed by atoms with van der Waals surface area (Å²) >= 11 is 0. The van der Waals surface area contributed by atoms with Gasteiger partial charge in [-0.15, -0.1) is 0 Å². The predicted molar refractivity (Wildman–Crippen MR) is 132 cm³/mol. The van der Waals surface area contributed by atoms with E-state index in [0.717, 1.165) is 12.0 Å². The third kappa shape index (κ3) is 4.37. The molecule has 0 saturated carbocycles. The molecular weight excluding hydrogens is 480 g/mol. The van der Waals surface area contributed by atoms with Gasteiger partial charge in [-0.3, -0.25) is 14.6 Å². The Labute approximate surface area is 212 Å². The summed E-state index contributed by atoms with van der Waals surface area (Å²) < 4.78 is 33.1. The van der Waals surface area contributed by atoms with Crippen molar-refractivity contribution in [1.82, 2.24) is 19.1 Å². The van der Waals surface area contributed by atoms with E-state index in [1.807, 2.05) is 17.0 Å². The third-order valence-corrected chi connectivity index (χ3v) is 10.0. The van der Waals surface area contributed by atoms with Crippen LogP contribution in [-0.4, -0.2) is 79.7 Å². The van der Waals surface area contributed by atoms with Gasteiger partial charge < -0.3 is 14.5 Å². The highest BCUT2D eigenvalue weighted by Gasteiger charge is 2.49. The first-order valence-corrected chi connectivity index (χ1v) is 13.8. The molecule has 3 aliphatic rings. The van der Waals surface area contributed by atoms with Gasteiger partial charge in [0.25, 0.3) is 0 Å². The minimum Gasteiger partial charge on any atom is -0.497 e. The minimum atomic E-state index is -3.61. The van der Waals surface area contributed by atoms with Crippen molar-refractivity contribution in [3.05, 3.63) is 54.4 Å². The molecule has 2 unspecified atom stereocenters. The molecule has 0 aliphatic carbocycles. The van der Waals surface area contributed by atoms with Crippen LogP contribution in [0.5, 0.6) is 5.75 Å². The number of carbonyl (C=O) groups excluding carboxylic acids is 2. The largest absolute Gasteiger partial charge is 0.497 e. The Hall–Kier alpha value is -2.98. The zero-order valence-electron chi connectivity index (χ0n) is 20.7. The maximum Gasteiger partial charge on any atom is 0.243 e. The fourth-order valence-electron chi connectivity index (χ4n) is 5.98. The monoisotopic (exact) mass is 512 g/mol. The quantitative estimate of drug-likeness (QED) is 0.610. The number of benzene rings is 1. The van der Waals surface area contributed by atoms with Crippen LogP contribution in [0.1, 0.15) is 37.3 Å². The number of amides is 2. The zero-order chi connectivity index (χ0) is 25.5. The Kier molecular flexibility index (Phi) is 6.50. The van der Waals surface area contributed by atoms with Crippen molar-refractivity contribution in [3.63, 3.8) is 0 Å². The van der Waals surface area contributed by atoms with E-state index in [1.165, 1.54) is 7.11 Å². The number of nitrogens with zero attached hydrogens (tertiary/aromatic N) is 4. The van der Waals surface area contributed by atoms with Crippen molar-refractivity contribution in [2.45, 2.75) is 36.6 Å². The Balaban J connectivity index is 1.26. The van der Waals surface area contributed by atoms with E-state index in [9.17, 15) is 18.0 Å². The SMILES string of the molecule is COc1cccc(S(=O)(=O)N2CCC3(CCN(C(=O)C4CC(=O)N(C)C4c4cccnc4)C3)CC2)c1. The molecular formula is C26H32N4O5S. The first-order valence-electron chi connectivity index (χ1n) is 12.3. The lowest BCUT2D eigenvalue weighted by Crippen LogP contribution is -2.45. The molecule has 1 spiro atoms. The summed E-state index contributed by atoms with van der Waals surface area (Å²) in [7, 11) is -0.347. The Morgan fingerprint density at radius 1 is 1.11 bits per heavy atom. The van der Waals surface area contributed by atoms with Crippen LogP contribution in [0.4, 0.5) is 0 Å². The molecule has 1 aromatic carbocycles. The molecule has 0 bridgehead atoms. The normalized spacial score (nSPS) is 24.4. The van der Waals surface area contributed by atoms with Gasteiger partial charge >= 0.3 is 0 Å². The number of piperidine rings is 1. The summed E-state index contributed by atoms with van der Waals surface area (Å²) in [6.07, 6.45) is 5.86. The number of ether oxygens (including phenoxy) is 1. The van der Waals surface area contributed by atoms with Gasteiger partial charge in [0.2, 0.25) is 21.8 Å². The van der Waals surface area contributed by atoms with Crippen molar-refractivity contribution in [2.24, 2.45) is 11.3 Å². The number of carbonyl (C=O) groups is 2. The molecule has 0 radical (unpaired) electrons. The predicted octanol–water partition coefficient (Wildman–Crippen LogP) is 2.31. The maximum atomic E-state index is 13.6. The zero-order valence-corrected chi connectivity index (χ0v) is 21.5. The van der Waals surface area contributed by atoms with Crippen molar-refractivity contribution in [1.29, 1.82) is 0 Å². The number of hydrogen-bond acceptors (Lipinski definition) is 6. The minimum absolute atomic E-state index is 0.00450. The standard InChI is InChI=1S/C26H32N4O5S/c1-28-23(31)16-22(24(28)19-5-4-11-27-17-19)25(32)29-12-8-26(18-29)9-13-30(14-10-26)36(33,34)21-7-3-6-20(15-21)35-2/h3-7,11,15,17,22,24H,8-10,12-14,16,18H2,1-2H3. The van der Waals surface area contributed by atoms with Crippen LogP contribution in [0, 0.1) is 11.3 Å². The highest BCUT2D eigenvalue weighted by atomic mass is 32.2. The van der Waals surface area contributed by atoms with Gasteiger partial charge in [-0.2, -0.15) is 4.31 Å². The second kappa shape index (κ2) is 9.48. The van der Waals surface area contributed by atoms with Gasteiger partial charge in [-0.25, -0.2) is 8.42 Å². The topological polar surface area (TPSA) is 100 Å². The molecule has 3 fully saturated rings. The van der Waals surface area contributed by atoms with Gasteiger partial charge in [0.05, 0.1) is 24.0 Å². The molecule has 2 atom stereocenters. The number of hydrogen-bond donors (Lipinski definition) is 0. The van der Waals surface area contributed by atoms with Crippen LogP contribution in [0.3, 0.4) is 0 Å². The molecule has 9 nitrogen and oxygen atoms in total. The second-order valence-corrected chi connectivity index (χ2v) is 12.1. The molecule has 2 aromatic rings. The molecule has 1 aromatic heterocycles. The molecule has 4 heterocycles. The number of rotatable bonds is 5. The van der Waals surface area contributed by atoms with Gasteiger partial charge in [-0.05, 0) is 48.4 Å². The summed E-state index contributed by atoms with van der Waals surface area (Å²) in [6, 6.07) is 9.98. The first-order chi connectivity index (χ1) is 17.2. The van der Waals surface area contributed by atoms with E-state index in [2.05, 4.69) is 4.98 Å². The van der Waals surface area contributed by atoms with E-state index in [0.29, 0.717) is 44.8 Å². The molecule has 0 N–H and O–H groups in total. The van der Waals surface area contributed by atoms with Crippen LogP contribution >= 0.6 is 0 Å². The average molecular weight is 513 g/mol. The van der Waals surface area contributed by atoms with E-state index in [4.69, 9.17) is 4.74 Å². The Morgan fingerprint density at radius 2 is 1.86 bits per heavy atom. The molecule has 2 amide bonds. The van der Waals surface area contributed by atoms with E-state index >= 15 is 0 Å². The Bertz CT molecular complexity index is 1240. The second-order valence-electron chi connectivity index (χ2n) is 10.1. The van der Waals surface area contributed by atoms with Crippen molar-refractivity contribution >= 4 is 21.8 Å². The maximum absolute atomic E-state index is 13.6. The summed E-state index contributed by atoms with van der Waals surface area (Å²) in [5, 5.41) is 0. The van der Waals surface area contributed by atoms with Crippen molar-refractivity contribution in [3.8, 4) is 5.75 Å². The van der Waals surface area contributed by atoms with Crippen LogP contribution < -0.4 is 4.74 Å². The highest BCUT2D eigenvalue weighted by Crippen LogP contribution is 2.44. The lowest BCUT2D eigenvalue weighted by atomic mass is 9.78. The smallest absolute Gasteiger partial charge is 0.243 e. The Morgan fingerprint density at radius 3 is 2.56 bits per heavy atom. The van der Waals surface area contributed by atoms with Crippen LogP contribution in [0.2, 0.25) is 0 Å². The molecule has 3 aliphatic heterocycles. The molecule has 3 saturated heterocycles. The lowest BCUT2D eigenvalue weighted by molar-refractivity contribution is -0.136. The summed E-state index contributed by atoms with van der Waals surface area (Å²) in [5.41, 5.74) is 0.781. The number of likely N-dealkylation sites (tertiary alicyclic amines) is 2. The van der Waals surface area contributed by atoms with Crippen molar-refractivity contribution < 1.29 is 22.7 Å². The summed E-state index contributed by atoms with van der Waals surface area (Å²) in [5.74, 6) is 0.0440. The number of pyridine rings is 1. The van der Waals surface area contributed by atoms with Crippen LogP contribution in [0.15, 0.2) is 53.7 Å². The average Bonchev–Trinajstić information content (AvgIpc) is 3.45. The van der Waals surface area contributed by atoms with E-state index in [1.54, 1.807) is 52.9 Å². The number of aromatic nitrogens is 1. The first kappa shape index (κ1) is 24.7. The fourth-order valence-corrected chi connectivity index (χ4v) is 7.45. The van der Waals surface area contributed by atoms with Gasteiger partial charge in [0, 0.05) is 58.1 Å². The van der Waals surface area contributed by atoms with Gasteiger partial charge in [-0.1, -0.05) is 12.1 Å². The van der Waals surface area contributed by atoms with Crippen LogP contribution in [-0.2, 0) is 19.6 Å². The summed E-state index contributed by atoms with van der Waals surface area (Å²) in [4.78, 5) is 34.1. The van der Waals surface area contributed by atoms with Gasteiger partial charge in [0.1, 0.15) is 5.75 Å². The summed E-state index contributed by atoms with van der Waals surface area (Å²) in [6.45, 7) is 2.08. The van der Waals surface area contributed by atoms with Crippen LogP contribution in [0.25, 0.3) is 0 Å². The molecule has 36 heavy (non-hydrogen) atoms. The van der Waals surface area contributed by atoms with E-state index < -0.39 is 15.9 Å². The van der Waals surface area contributed by atoms with E-state index in [-0.39, 0.29) is 34.6 Å². The molecule has 10 heteroatoms. The highest BCUT2D eigenvalue weighted by molar-refractivity contribution is 7.89. The number of methoxy groups -OCH3 is 1. The number of sulfonamides is 1. The lowest BCUT2D eigenvalue weighted by Gasteiger charge is -2.38. The van der Waals surface area contributed by atoms with Crippen molar-refractivity contribution in [2.75, 3.05) is 40.3 Å². The molecule has 5 rings (SSSR count). The van der Waals surface area contributed by atoms with Gasteiger partial charge in [0.15, 0.2) is 0 Å².